The van der Waals surface area contributed by atoms with E-state index in [1.165, 1.54) is 18.4 Å². The van der Waals surface area contributed by atoms with Gasteiger partial charge in [-0.25, -0.2) is 18.7 Å². The molecule has 178 valence electrons. The van der Waals surface area contributed by atoms with Crippen LogP contribution in [0, 0.1) is 17.0 Å². The molecule has 1 saturated heterocycles. The molecule has 0 saturated carbocycles. The SMILES string of the molecule is N=C(/C=C(\NCc1ccccc1F)c1ccon1)c1ncc(F)c(N2CCN(CCO)CC2)n1. The topological polar surface area (TPSA) is 114 Å². The van der Waals surface area contributed by atoms with E-state index in [0.29, 0.717) is 49.7 Å². The monoisotopic (exact) mass is 469 g/mol. The van der Waals surface area contributed by atoms with Crippen LogP contribution < -0.4 is 10.2 Å². The number of nitrogens with one attached hydrogen (secondary N) is 2. The standard InChI is InChI=1S/C23H25F2N7O2/c24-17-4-2-1-3-16(17)14-27-21(20-5-12-34-30-20)13-19(26)22-28-15-18(25)23(29-22)32-8-6-31(7-9-32)10-11-33/h1-5,12-13,15,26-27,33H,6-11,14H2/b21-13-,26-19?. The number of allylic oxidation sites excluding steroid dienone is 1. The van der Waals surface area contributed by atoms with Gasteiger partial charge < -0.3 is 19.8 Å². The van der Waals surface area contributed by atoms with Crippen LogP contribution in [0.1, 0.15) is 17.1 Å². The van der Waals surface area contributed by atoms with Crippen molar-refractivity contribution in [1.29, 1.82) is 5.41 Å². The predicted molar refractivity (Wildman–Crippen MR) is 122 cm³/mol. The number of β-amino-alcohol motifs (C(OH)–C–C–N with tert-alkyl or cyclic N) is 1. The van der Waals surface area contributed by atoms with Crippen molar-refractivity contribution in [1.82, 2.24) is 25.3 Å². The highest BCUT2D eigenvalue weighted by Gasteiger charge is 2.22. The maximum absolute atomic E-state index is 14.5. The van der Waals surface area contributed by atoms with E-state index in [9.17, 15) is 8.78 Å². The van der Waals surface area contributed by atoms with Gasteiger partial charge in [0.2, 0.25) is 0 Å². The molecule has 34 heavy (non-hydrogen) atoms. The van der Waals surface area contributed by atoms with E-state index >= 15 is 0 Å². The minimum absolute atomic E-state index is 0.0443. The fraction of sp³-hybridized carbons (Fsp3) is 0.304. The Bertz CT molecular complexity index is 1150. The van der Waals surface area contributed by atoms with Crippen molar-refractivity contribution in [2.24, 2.45) is 0 Å². The van der Waals surface area contributed by atoms with Crippen LogP contribution in [0.5, 0.6) is 0 Å². The lowest BCUT2D eigenvalue weighted by molar-refractivity contribution is 0.188. The fourth-order valence-electron chi connectivity index (χ4n) is 3.64. The molecule has 0 aliphatic carbocycles. The molecule has 0 amide bonds. The van der Waals surface area contributed by atoms with Gasteiger partial charge in [-0.05, 0) is 12.1 Å². The molecule has 0 bridgehead atoms. The second kappa shape index (κ2) is 10.9. The molecule has 3 aromatic rings. The molecule has 0 radical (unpaired) electrons. The Morgan fingerprint density at radius 3 is 2.65 bits per heavy atom. The third kappa shape index (κ3) is 5.61. The number of rotatable bonds is 9. The van der Waals surface area contributed by atoms with Crippen LogP contribution in [-0.2, 0) is 6.54 Å². The van der Waals surface area contributed by atoms with Crippen molar-refractivity contribution in [3.05, 3.63) is 77.6 Å². The van der Waals surface area contributed by atoms with Gasteiger partial charge in [-0.2, -0.15) is 0 Å². The maximum atomic E-state index is 14.5. The summed E-state index contributed by atoms with van der Waals surface area (Å²) in [5, 5.41) is 24.6. The smallest absolute Gasteiger partial charge is 0.183 e. The summed E-state index contributed by atoms with van der Waals surface area (Å²) in [7, 11) is 0. The third-order valence-corrected chi connectivity index (χ3v) is 5.48. The van der Waals surface area contributed by atoms with Crippen molar-refractivity contribution in [3.8, 4) is 0 Å². The zero-order valence-corrected chi connectivity index (χ0v) is 18.4. The van der Waals surface area contributed by atoms with Gasteiger partial charge in [0.1, 0.15) is 23.5 Å². The largest absolute Gasteiger partial charge is 0.395 e. The number of aliphatic hydroxyl groups excluding tert-OH is 1. The van der Waals surface area contributed by atoms with Crippen molar-refractivity contribution >= 4 is 17.2 Å². The number of halogens is 2. The van der Waals surface area contributed by atoms with Gasteiger partial charge in [0.05, 0.1) is 18.5 Å². The maximum Gasteiger partial charge on any atom is 0.183 e. The van der Waals surface area contributed by atoms with Crippen LogP contribution in [0.15, 0.2) is 53.4 Å². The van der Waals surface area contributed by atoms with Gasteiger partial charge in [-0.1, -0.05) is 23.4 Å². The first-order valence-electron chi connectivity index (χ1n) is 10.8. The Kier molecular flexibility index (Phi) is 7.55. The first kappa shape index (κ1) is 23.5. The number of aliphatic hydroxyl groups is 1. The van der Waals surface area contributed by atoms with E-state index in [-0.39, 0.29) is 36.3 Å². The van der Waals surface area contributed by atoms with Crippen LogP contribution in [0.3, 0.4) is 0 Å². The zero-order valence-electron chi connectivity index (χ0n) is 18.4. The van der Waals surface area contributed by atoms with Crippen LogP contribution in [0.2, 0.25) is 0 Å². The Morgan fingerprint density at radius 2 is 1.94 bits per heavy atom. The van der Waals surface area contributed by atoms with Crippen molar-refractivity contribution < 1.29 is 18.4 Å². The molecule has 4 rings (SSSR count). The van der Waals surface area contributed by atoms with Crippen LogP contribution >= 0.6 is 0 Å². The molecular weight excluding hydrogens is 444 g/mol. The summed E-state index contributed by atoms with van der Waals surface area (Å²) in [5.74, 6) is -0.738. The van der Waals surface area contributed by atoms with Crippen molar-refractivity contribution in [3.63, 3.8) is 0 Å². The summed E-state index contributed by atoms with van der Waals surface area (Å²) in [6.45, 7) is 3.25. The molecular formula is C23H25F2N7O2. The molecule has 1 fully saturated rings. The average molecular weight is 469 g/mol. The van der Waals surface area contributed by atoms with Crippen molar-refractivity contribution in [2.75, 3.05) is 44.2 Å². The number of hydrogen-bond acceptors (Lipinski definition) is 9. The number of benzene rings is 1. The van der Waals surface area contributed by atoms with Gasteiger partial charge in [-0.3, -0.25) is 10.3 Å². The predicted octanol–water partition coefficient (Wildman–Crippen LogP) is 2.06. The lowest BCUT2D eigenvalue weighted by Crippen LogP contribution is -2.47. The number of hydrogen-bond donors (Lipinski definition) is 3. The van der Waals surface area contributed by atoms with E-state index in [2.05, 4.69) is 25.3 Å². The normalized spacial score (nSPS) is 14.9. The molecule has 11 heteroatoms. The van der Waals surface area contributed by atoms with Gasteiger partial charge in [0, 0.05) is 50.9 Å². The van der Waals surface area contributed by atoms with Gasteiger partial charge in [0.25, 0.3) is 0 Å². The minimum Gasteiger partial charge on any atom is -0.395 e. The third-order valence-electron chi connectivity index (χ3n) is 5.48. The van der Waals surface area contributed by atoms with Crippen LogP contribution in [0.25, 0.3) is 5.70 Å². The molecule has 0 atom stereocenters. The summed E-state index contributed by atoms with van der Waals surface area (Å²) < 4.78 is 33.5. The summed E-state index contributed by atoms with van der Waals surface area (Å²) >= 11 is 0. The van der Waals surface area contributed by atoms with E-state index in [0.717, 1.165) is 6.20 Å². The molecule has 0 spiro atoms. The van der Waals surface area contributed by atoms with E-state index in [1.54, 1.807) is 29.2 Å². The highest BCUT2D eigenvalue weighted by atomic mass is 19.1. The second-order valence-electron chi connectivity index (χ2n) is 7.72. The van der Waals surface area contributed by atoms with Crippen LogP contribution in [0.4, 0.5) is 14.6 Å². The molecule has 3 heterocycles. The highest BCUT2D eigenvalue weighted by Crippen LogP contribution is 2.19. The molecule has 0 unspecified atom stereocenters. The molecule has 3 N–H and O–H groups in total. The van der Waals surface area contributed by atoms with E-state index < -0.39 is 5.82 Å². The van der Waals surface area contributed by atoms with Gasteiger partial charge >= 0.3 is 0 Å². The van der Waals surface area contributed by atoms with Gasteiger partial charge in [0.15, 0.2) is 17.5 Å². The molecule has 2 aromatic heterocycles. The number of piperazine rings is 1. The fourth-order valence-corrected chi connectivity index (χ4v) is 3.64. The van der Waals surface area contributed by atoms with Crippen LogP contribution in [-0.4, -0.2) is 70.2 Å². The Labute approximate surface area is 195 Å². The lowest BCUT2D eigenvalue weighted by atomic mass is 10.2. The van der Waals surface area contributed by atoms with E-state index in [4.69, 9.17) is 15.0 Å². The minimum atomic E-state index is -0.564. The summed E-state index contributed by atoms with van der Waals surface area (Å²) in [6.07, 6.45) is 3.90. The molecule has 9 nitrogen and oxygen atoms in total. The molecule has 1 aromatic carbocycles. The first-order valence-corrected chi connectivity index (χ1v) is 10.8. The van der Waals surface area contributed by atoms with E-state index in [1.807, 2.05) is 0 Å². The Morgan fingerprint density at radius 1 is 1.15 bits per heavy atom. The number of aromatic nitrogens is 3. The molecule has 1 aliphatic heterocycles. The average Bonchev–Trinajstić information content (AvgIpc) is 3.38. The summed E-state index contributed by atoms with van der Waals surface area (Å²) in [6, 6.07) is 7.98. The zero-order chi connectivity index (χ0) is 23.9. The summed E-state index contributed by atoms with van der Waals surface area (Å²) in [5.41, 5.74) is 1.21. The van der Waals surface area contributed by atoms with Gasteiger partial charge in [-0.15, -0.1) is 0 Å². The quantitative estimate of drug-likeness (QED) is 0.408. The summed E-state index contributed by atoms with van der Waals surface area (Å²) in [4.78, 5) is 12.2. The Balaban J connectivity index is 1.53. The Hall–Kier alpha value is -3.70. The first-order chi connectivity index (χ1) is 16.5. The lowest BCUT2D eigenvalue weighted by Gasteiger charge is -2.35. The second-order valence-corrected chi connectivity index (χ2v) is 7.72. The van der Waals surface area contributed by atoms with Crippen molar-refractivity contribution in [2.45, 2.75) is 6.54 Å². The number of nitrogens with zero attached hydrogens (tertiary/aromatic N) is 5. The molecule has 1 aliphatic rings. The number of anilines is 1. The highest BCUT2D eigenvalue weighted by molar-refractivity contribution is 6.07.